The van der Waals surface area contributed by atoms with Gasteiger partial charge in [0.25, 0.3) is 0 Å². The van der Waals surface area contributed by atoms with Gasteiger partial charge in [0.1, 0.15) is 6.04 Å². The Morgan fingerprint density at radius 2 is 1.78 bits per heavy atom. The van der Waals surface area contributed by atoms with Crippen molar-refractivity contribution >= 4 is 28.6 Å². The molecule has 1 aliphatic carbocycles. The number of carbonyl (C=O) groups excluding carboxylic acids is 3. The number of nitrogens with one attached hydrogen (secondary N) is 4. The summed E-state index contributed by atoms with van der Waals surface area (Å²) in [4.78, 5) is 41.4. The van der Waals surface area contributed by atoms with Crippen LogP contribution in [0.2, 0.25) is 0 Å². The summed E-state index contributed by atoms with van der Waals surface area (Å²) in [5.41, 5.74) is 1.99. The number of hydrogen-bond acceptors (Lipinski definition) is 3. The minimum absolute atomic E-state index is 0.0578. The number of benzene rings is 1. The van der Waals surface area contributed by atoms with E-state index in [1.807, 2.05) is 58.2 Å². The summed E-state index contributed by atoms with van der Waals surface area (Å²) in [6, 6.07) is 7.29. The Balaban J connectivity index is 1.70. The van der Waals surface area contributed by atoms with Gasteiger partial charge >= 0.3 is 0 Å². The van der Waals surface area contributed by atoms with E-state index in [4.69, 9.17) is 0 Å². The predicted molar refractivity (Wildman–Crippen MR) is 126 cm³/mol. The molecule has 7 heteroatoms. The van der Waals surface area contributed by atoms with Gasteiger partial charge in [0.2, 0.25) is 17.7 Å². The first-order chi connectivity index (χ1) is 15.2. The maximum absolute atomic E-state index is 13.2. The molecule has 0 aliphatic heterocycles. The van der Waals surface area contributed by atoms with Gasteiger partial charge < -0.3 is 20.9 Å². The van der Waals surface area contributed by atoms with Crippen molar-refractivity contribution in [1.82, 2.24) is 20.9 Å². The Hall–Kier alpha value is -2.83. The summed E-state index contributed by atoms with van der Waals surface area (Å²) >= 11 is 0. The zero-order valence-corrected chi connectivity index (χ0v) is 19.5. The van der Waals surface area contributed by atoms with Gasteiger partial charge in [-0.2, -0.15) is 0 Å². The van der Waals surface area contributed by atoms with Crippen molar-refractivity contribution in [3.63, 3.8) is 0 Å². The average molecular weight is 441 g/mol. The second-order valence-corrected chi connectivity index (χ2v) is 9.51. The second kappa shape index (κ2) is 10.7. The summed E-state index contributed by atoms with van der Waals surface area (Å²) in [6.07, 6.45) is 5.51. The molecule has 2 aromatic rings. The van der Waals surface area contributed by atoms with E-state index in [9.17, 15) is 14.4 Å². The summed E-state index contributed by atoms with van der Waals surface area (Å²) in [7, 11) is 0. The SMILES string of the molecule is CC(C)NC(=O)C1CCCC(NC(=O)C(Cc2c[nH]c3ccccc23)NC(=O)C(C)C)C1. The third-order valence-electron chi connectivity index (χ3n) is 6.08. The van der Waals surface area contributed by atoms with Crippen molar-refractivity contribution in [3.8, 4) is 0 Å². The fourth-order valence-corrected chi connectivity index (χ4v) is 4.33. The predicted octanol–water partition coefficient (Wildman–Crippen LogP) is 3.05. The Morgan fingerprint density at radius 1 is 1.03 bits per heavy atom. The van der Waals surface area contributed by atoms with Crippen LogP contribution in [0, 0.1) is 11.8 Å². The van der Waals surface area contributed by atoms with Gasteiger partial charge in [0.15, 0.2) is 0 Å². The maximum atomic E-state index is 13.2. The van der Waals surface area contributed by atoms with E-state index in [1.165, 1.54) is 0 Å². The van der Waals surface area contributed by atoms with Gasteiger partial charge in [-0.05, 0) is 44.7 Å². The monoisotopic (exact) mass is 440 g/mol. The molecule has 4 N–H and O–H groups in total. The fourth-order valence-electron chi connectivity index (χ4n) is 4.33. The molecule has 174 valence electrons. The van der Waals surface area contributed by atoms with Crippen LogP contribution >= 0.6 is 0 Å². The number of para-hydroxylation sites is 1. The summed E-state index contributed by atoms with van der Waals surface area (Å²) < 4.78 is 0. The highest BCUT2D eigenvalue weighted by atomic mass is 16.2. The first-order valence-electron chi connectivity index (χ1n) is 11.7. The molecule has 0 saturated heterocycles. The zero-order chi connectivity index (χ0) is 23.3. The van der Waals surface area contributed by atoms with Gasteiger partial charge in [-0.3, -0.25) is 14.4 Å². The first kappa shape index (κ1) is 23.8. The van der Waals surface area contributed by atoms with E-state index in [0.29, 0.717) is 12.8 Å². The standard InChI is InChI=1S/C25H36N4O3/c1-15(2)23(30)29-22(13-18-14-26-21-11-6-5-10-20(18)21)25(32)28-19-9-7-8-17(12-19)24(31)27-16(3)4/h5-6,10-11,14-17,19,22,26H,7-9,12-13H2,1-4H3,(H,27,31)(H,28,32)(H,29,30). The molecular weight excluding hydrogens is 404 g/mol. The molecule has 3 unspecified atom stereocenters. The Morgan fingerprint density at radius 3 is 2.50 bits per heavy atom. The lowest BCUT2D eigenvalue weighted by Gasteiger charge is -2.31. The topological polar surface area (TPSA) is 103 Å². The molecule has 0 spiro atoms. The molecule has 1 aromatic heterocycles. The summed E-state index contributed by atoms with van der Waals surface area (Å²) in [5.74, 6) is -0.592. The molecule has 3 atom stereocenters. The smallest absolute Gasteiger partial charge is 0.243 e. The average Bonchev–Trinajstić information content (AvgIpc) is 3.15. The van der Waals surface area contributed by atoms with Crippen LogP contribution in [0.4, 0.5) is 0 Å². The molecule has 1 heterocycles. The van der Waals surface area contributed by atoms with Crippen molar-refractivity contribution in [2.75, 3.05) is 0 Å². The minimum Gasteiger partial charge on any atom is -0.361 e. The van der Waals surface area contributed by atoms with Crippen LogP contribution in [0.15, 0.2) is 30.5 Å². The van der Waals surface area contributed by atoms with E-state index in [0.717, 1.165) is 35.7 Å². The molecule has 1 fully saturated rings. The molecule has 7 nitrogen and oxygen atoms in total. The van der Waals surface area contributed by atoms with Crippen LogP contribution in [-0.4, -0.2) is 40.8 Å². The lowest BCUT2D eigenvalue weighted by atomic mass is 9.84. The first-order valence-corrected chi connectivity index (χ1v) is 11.7. The molecule has 1 aliphatic rings. The summed E-state index contributed by atoms with van der Waals surface area (Å²) in [5, 5.41) is 10.1. The zero-order valence-electron chi connectivity index (χ0n) is 19.5. The van der Waals surface area contributed by atoms with Crippen LogP contribution in [0.25, 0.3) is 10.9 Å². The molecule has 1 saturated carbocycles. The van der Waals surface area contributed by atoms with Gasteiger partial charge in [-0.1, -0.05) is 38.5 Å². The van der Waals surface area contributed by atoms with E-state index in [2.05, 4.69) is 20.9 Å². The number of hydrogen-bond donors (Lipinski definition) is 4. The molecule has 1 aromatic carbocycles. The number of fused-ring (bicyclic) bond motifs is 1. The molecular formula is C25H36N4O3. The van der Waals surface area contributed by atoms with E-state index in [-0.39, 0.29) is 41.6 Å². The number of rotatable bonds is 8. The lowest BCUT2D eigenvalue weighted by Crippen LogP contribution is -2.52. The van der Waals surface area contributed by atoms with Crippen LogP contribution in [0.3, 0.4) is 0 Å². The minimum atomic E-state index is -0.672. The van der Waals surface area contributed by atoms with E-state index < -0.39 is 6.04 Å². The van der Waals surface area contributed by atoms with Crippen molar-refractivity contribution in [3.05, 3.63) is 36.0 Å². The van der Waals surface area contributed by atoms with E-state index in [1.54, 1.807) is 0 Å². The Labute approximate surface area is 190 Å². The van der Waals surface area contributed by atoms with Crippen LogP contribution in [0.1, 0.15) is 58.9 Å². The van der Waals surface area contributed by atoms with Gasteiger partial charge in [-0.15, -0.1) is 0 Å². The second-order valence-electron chi connectivity index (χ2n) is 9.51. The number of aromatic amines is 1. The van der Waals surface area contributed by atoms with Crippen LogP contribution in [0.5, 0.6) is 0 Å². The van der Waals surface area contributed by atoms with E-state index >= 15 is 0 Å². The van der Waals surface area contributed by atoms with Crippen molar-refractivity contribution in [1.29, 1.82) is 0 Å². The highest BCUT2D eigenvalue weighted by molar-refractivity contribution is 5.90. The van der Waals surface area contributed by atoms with Gasteiger partial charge in [0.05, 0.1) is 0 Å². The maximum Gasteiger partial charge on any atom is 0.243 e. The summed E-state index contributed by atoms with van der Waals surface area (Å²) in [6.45, 7) is 7.53. The quantitative estimate of drug-likeness (QED) is 0.507. The van der Waals surface area contributed by atoms with Crippen molar-refractivity contribution < 1.29 is 14.4 Å². The molecule has 3 rings (SSSR count). The number of aromatic nitrogens is 1. The van der Waals surface area contributed by atoms with Crippen molar-refractivity contribution in [2.24, 2.45) is 11.8 Å². The Kier molecular flexibility index (Phi) is 7.94. The lowest BCUT2D eigenvalue weighted by molar-refractivity contribution is -0.131. The molecule has 0 bridgehead atoms. The molecule has 32 heavy (non-hydrogen) atoms. The van der Waals surface area contributed by atoms with Gasteiger partial charge in [0, 0.05) is 47.4 Å². The molecule has 0 radical (unpaired) electrons. The highest BCUT2D eigenvalue weighted by Gasteiger charge is 2.31. The number of carbonyl (C=O) groups is 3. The Bertz CT molecular complexity index is 950. The number of H-pyrrole nitrogens is 1. The molecule has 3 amide bonds. The third-order valence-corrected chi connectivity index (χ3v) is 6.08. The highest BCUT2D eigenvalue weighted by Crippen LogP contribution is 2.25. The van der Waals surface area contributed by atoms with Gasteiger partial charge in [-0.25, -0.2) is 0 Å². The van der Waals surface area contributed by atoms with Crippen LogP contribution in [-0.2, 0) is 20.8 Å². The number of amides is 3. The third kappa shape index (κ3) is 6.11. The van der Waals surface area contributed by atoms with Crippen LogP contribution < -0.4 is 16.0 Å². The fraction of sp³-hybridized carbons (Fsp3) is 0.560. The normalized spacial score (nSPS) is 19.7. The largest absolute Gasteiger partial charge is 0.361 e. The van der Waals surface area contributed by atoms with Crippen molar-refractivity contribution in [2.45, 2.75) is 77.9 Å².